The Bertz CT molecular complexity index is 1020. The van der Waals surface area contributed by atoms with Crippen molar-refractivity contribution in [2.45, 2.75) is 6.92 Å². The summed E-state index contributed by atoms with van der Waals surface area (Å²) in [5.41, 5.74) is 3.78. The van der Waals surface area contributed by atoms with Gasteiger partial charge in [0.25, 0.3) is 5.91 Å². The number of carbonyl (C=O) groups is 1. The molecule has 0 bridgehead atoms. The Hall–Kier alpha value is -2.78. The Morgan fingerprint density at radius 1 is 1.24 bits per heavy atom. The second kappa shape index (κ2) is 9.62. The van der Waals surface area contributed by atoms with Gasteiger partial charge < -0.3 is 9.47 Å². The number of benzene rings is 2. The van der Waals surface area contributed by atoms with Gasteiger partial charge in [0.2, 0.25) is 10.0 Å². The molecule has 2 rings (SSSR count). The van der Waals surface area contributed by atoms with Gasteiger partial charge in [-0.05, 0) is 42.8 Å². The summed E-state index contributed by atoms with van der Waals surface area (Å²) in [6.07, 6.45) is 2.40. The third kappa shape index (κ3) is 5.85. The van der Waals surface area contributed by atoms with Crippen molar-refractivity contribution in [3.05, 3.63) is 52.5 Å². The topological polar surface area (TPSA) is 97.3 Å². The molecular weight excluding hydrogens is 418 g/mol. The number of carbonyl (C=O) groups excluding carboxylic acids is 1. The van der Waals surface area contributed by atoms with Crippen molar-refractivity contribution in [3.8, 4) is 11.5 Å². The second-order valence-electron chi connectivity index (χ2n) is 6.05. The van der Waals surface area contributed by atoms with Crippen molar-refractivity contribution in [1.29, 1.82) is 0 Å². The highest BCUT2D eigenvalue weighted by Gasteiger charge is 2.23. The van der Waals surface area contributed by atoms with E-state index in [2.05, 4.69) is 10.5 Å². The van der Waals surface area contributed by atoms with Crippen LogP contribution in [0.1, 0.15) is 11.1 Å². The number of rotatable bonds is 8. The van der Waals surface area contributed by atoms with Crippen LogP contribution in [0.25, 0.3) is 0 Å². The molecule has 1 N–H and O–H groups in total. The molecule has 0 radical (unpaired) electrons. The minimum absolute atomic E-state index is 0.327. The average molecular weight is 440 g/mol. The Balaban J connectivity index is 2.18. The summed E-state index contributed by atoms with van der Waals surface area (Å²) in [4.78, 5) is 12.3. The predicted octanol–water partition coefficient (Wildman–Crippen LogP) is 2.58. The summed E-state index contributed by atoms with van der Waals surface area (Å²) < 4.78 is 35.8. The van der Waals surface area contributed by atoms with Gasteiger partial charge in [0, 0.05) is 10.6 Å². The maximum atomic E-state index is 12.3. The summed E-state index contributed by atoms with van der Waals surface area (Å²) in [6.45, 7) is 1.23. The Morgan fingerprint density at radius 2 is 1.97 bits per heavy atom. The molecule has 156 valence electrons. The normalized spacial score (nSPS) is 11.3. The van der Waals surface area contributed by atoms with Crippen LogP contribution in [-0.4, -0.2) is 47.6 Å². The Kier molecular flexibility index (Phi) is 7.46. The summed E-state index contributed by atoms with van der Waals surface area (Å²) in [7, 11) is -0.685. The zero-order valence-electron chi connectivity index (χ0n) is 16.5. The first kappa shape index (κ1) is 22.5. The zero-order chi connectivity index (χ0) is 21.6. The third-order valence-corrected chi connectivity index (χ3v) is 5.56. The first-order chi connectivity index (χ1) is 13.7. The van der Waals surface area contributed by atoms with Crippen molar-refractivity contribution in [2.75, 3.05) is 31.3 Å². The van der Waals surface area contributed by atoms with E-state index in [0.29, 0.717) is 33.3 Å². The van der Waals surface area contributed by atoms with E-state index in [9.17, 15) is 13.2 Å². The van der Waals surface area contributed by atoms with E-state index in [-0.39, 0.29) is 0 Å². The van der Waals surface area contributed by atoms with Crippen molar-refractivity contribution < 1.29 is 22.7 Å². The Morgan fingerprint density at radius 3 is 2.59 bits per heavy atom. The number of hydrogen-bond donors (Lipinski definition) is 1. The third-order valence-electron chi connectivity index (χ3n) is 4.03. The number of nitrogens with zero attached hydrogens (tertiary/aromatic N) is 2. The fraction of sp³-hybridized carbons (Fsp3) is 0.263. The lowest BCUT2D eigenvalue weighted by molar-refractivity contribution is -0.119. The van der Waals surface area contributed by atoms with Crippen LogP contribution in [-0.2, 0) is 14.8 Å². The fourth-order valence-electron chi connectivity index (χ4n) is 2.53. The van der Waals surface area contributed by atoms with Crippen molar-refractivity contribution >= 4 is 39.4 Å². The predicted molar refractivity (Wildman–Crippen MR) is 114 cm³/mol. The number of hydrazone groups is 1. The number of anilines is 1. The summed E-state index contributed by atoms with van der Waals surface area (Å²) in [6, 6.07) is 9.97. The minimum atomic E-state index is -3.72. The molecule has 0 spiro atoms. The summed E-state index contributed by atoms with van der Waals surface area (Å²) in [5, 5.41) is 4.29. The SMILES string of the molecule is COc1ccc(OC)c(/C=N\NC(=O)CN(c2cccc(Cl)c2C)S(C)(=O)=O)c1. The molecule has 0 heterocycles. The summed E-state index contributed by atoms with van der Waals surface area (Å²) >= 11 is 6.08. The van der Waals surface area contributed by atoms with Crippen LogP contribution < -0.4 is 19.2 Å². The lowest BCUT2D eigenvalue weighted by atomic mass is 10.2. The van der Waals surface area contributed by atoms with Crippen LogP contribution in [0.4, 0.5) is 5.69 Å². The van der Waals surface area contributed by atoms with Crippen LogP contribution in [0.2, 0.25) is 5.02 Å². The van der Waals surface area contributed by atoms with E-state index in [4.69, 9.17) is 21.1 Å². The molecule has 0 unspecified atom stereocenters. The van der Waals surface area contributed by atoms with E-state index in [1.807, 2.05) is 0 Å². The van der Waals surface area contributed by atoms with Gasteiger partial charge in [-0.15, -0.1) is 0 Å². The van der Waals surface area contributed by atoms with E-state index < -0.39 is 22.5 Å². The van der Waals surface area contributed by atoms with Crippen LogP contribution in [0.15, 0.2) is 41.5 Å². The number of halogens is 1. The lowest BCUT2D eigenvalue weighted by Crippen LogP contribution is -2.39. The molecule has 2 aromatic carbocycles. The van der Waals surface area contributed by atoms with Crippen LogP contribution in [0, 0.1) is 6.92 Å². The quantitative estimate of drug-likeness (QED) is 0.503. The molecular formula is C19H22ClN3O5S. The van der Waals surface area contributed by atoms with Crippen molar-refractivity contribution in [2.24, 2.45) is 5.10 Å². The fourth-order valence-corrected chi connectivity index (χ4v) is 3.60. The highest BCUT2D eigenvalue weighted by Crippen LogP contribution is 2.28. The average Bonchev–Trinajstić information content (AvgIpc) is 2.67. The van der Waals surface area contributed by atoms with Gasteiger partial charge in [-0.25, -0.2) is 13.8 Å². The molecule has 1 amide bonds. The van der Waals surface area contributed by atoms with Gasteiger partial charge in [0.1, 0.15) is 18.0 Å². The van der Waals surface area contributed by atoms with E-state index in [1.54, 1.807) is 43.3 Å². The maximum absolute atomic E-state index is 12.3. The zero-order valence-corrected chi connectivity index (χ0v) is 18.0. The van der Waals surface area contributed by atoms with Gasteiger partial charge in [0.15, 0.2) is 0 Å². The van der Waals surface area contributed by atoms with Gasteiger partial charge in [-0.1, -0.05) is 17.7 Å². The van der Waals surface area contributed by atoms with Crippen LogP contribution in [0.5, 0.6) is 11.5 Å². The standard InChI is InChI=1S/C19H22ClN3O5S/c1-13-16(20)6-5-7-17(13)23(29(4,25)26)12-19(24)22-21-11-14-10-15(27-2)8-9-18(14)28-3/h5-11H,12H2,1-4H3,(H,22,24)/b21-11-. The number of hydrogen-bond acceptors (Lipinski definition) is 6. The van der Waals surface area contributed by atoms with E-state index >= 15 is 0 Å². The van der Waals surface area contributed by atoms with Gasteiger partial charge in [0.05, 0.1) is 32.4 Å². The van der Waals surface area contributed by atoms with E-state index in [1.165, 1.54) is 20.4 Å². The smallest absolute Gasteiger partial charge is 0.260 e. The number of sulfonamides is 1. The highest BCUT2D eigenvalue weighted by molar-refractivity contribution is 7.92. The largest absolute Gasteiger partial charge is 0.497 e. The Labute approximate surface area is 175 Å². The number of ether oxygens (including phenoxy) is 2. The molecule has 0 atom stereocenters. The van der Waals surface area contributed by atoms with Crippen LogP contribution >= 0.6 is 11.6 Å². The van der Waals surface area contributed by atoms with Gasteiger partial charge in [-0.2, -0.15) is 5.10 Å². The molecule has 0 fully saturated rings. The monoisotopic (exact) mass is 439 g/mol. The number of methoxy groups -OCH3 is 2. The highest BCUT2D eigenvalue weighted by atomic mass is 35.5. The molecule has 0 aliphatic rings. The first-order valence-electron chi connectivity index (χ1n) is 8.44. The van der Waals surface area contributed by atoms with E-state index in [0.717, 1.165) is 10.6 Å². The lowest BCUT2D eigenvalue weighted by Gasteiger charge is -2.23. The number of nitrogens with one attached hydrogen (secondary N) is 1. The van der Waals surface area contributed by atoms with Gasteiger partial charge in [-0.3, -0.25) is 9.10 Å². The second-order valence-corrected chi connectivity index (χ2v) is 8.37. The first-order valence-corrected chi connectivity index (χ1v) is 10.7. The summed E-state index contributed by atoms with van der Waals surface area (Å²) in [5.74, 6) is 0.516. The number of amides is 1. The minimum Gasteiger partial charge on any atom is -0.497 e. The molecule has 10 heteroatoms. The molecule has 0 saturated heterocycles. The molecule has 0 saturated carbocycles. The molecule has 29 heavy (non-hydrogen) atoms. The van der Waals surface area contributed by atoms with Crippen LogP contribution in [0.3, 0.4) is 0 Å². The molecule has 2 aromatic rings. The maximum Gasteiger partial charge on any atom is 0.260 e. The molecule has 0 aliphatic carbocycles. The van der Waals surface area contributed by atoms with Crippen molar-refractivity contribution in [1.82, 2.24) is 5.43 Å². The van der Waals surface area contributed by atoms with Gasteiger partial charge >= 0.3 is 0 Å². The molecule has 0 aromatic heterocycles. The molecule has 8 nitrogen and oxygen atoms in total. The molecule has 0 aliphatic heterocycles. The van der Waals surface area contributed by atoms with Crippen molar-refractivity contribution in [3.63, 3.8) is 0 Å².